The maximum atomic E-state index is 12.4. The van der Waals surface area contributed by atoms with Crippen LogP contribution in [0, 0.1) is 0 Å². The number of benzene rings is 3. The van der Waals surface area contributed by atoms with Gasteiger partial charge in [0.15, 0.2) is 11.5 Å². The molecule has 0 spiro atoms. The maximum absolute atomic E-state index is 12.4. The number of halogens is 1. The summed E-state index contributed by atoms with van der Waals surface area (Å²) in [7, 11) is 3.17. The highest BCUT2D eigenvalue weighted by atomic mass is 35.5. The maximum Gasteiger partial charge on any atom is 0.255 e. The van der Waals surface area contributed by atoms with Crippen molar-refractivity contribution < 1.29 is 14.3 Å². The number of carbonyl (C=O) groups is 1. The van der Waals surface area contributed by atoms with E-state index in [2.05, 4.69) is 20.6 Å². The molecule has 4 aromatic rings. The lowest BCUT2D eigenvalue weighted by atomic mass is 10.1. The number of nitrogens with zero attached hydrogens (tertiary/aromatic N) is 2. The van der Waals surface area contributed by atoms with E-state index in [1.54, 1.807) is 32.4 Å². The lowest BCUT2D eigenvalue weighted by Gasteiger charge is -2.12. The smallest absolute Gasteiger partial charge is 0.255 e. The molecular weight excluding hydrogens is 416 g/mol. The quantitative estimate of drug-likeness (QED) is 0.439. The Balaban J connectivity index is 0.00000272. The number of nitrogens with one attached hydrogen (secondary N) is 2. The van der Waals surface area contributed by atoms with Crippen molar-refractivity contribution in [2.24, 2.45) is 0 Å². The Morgan fingerprint density at radius 3 is 2.19 bits per heavy atom. The third kappa shape index (κ3) is 4.84. The summed E-state index contributed by atoms with van der Waals surface area (Å²) >= 11 is 0. The summed E-state index contributed by atoms with van der Waals surface area (Å²) in [5.41, 5.74) is 2.83. The molecular formula is C23H21ClN4O3. The molecule has 0 atom stereocenters. The molecule has 2 N–H and O–H groups in total. The summed E-state index contributed by atoms with van der Waals surface area (Å²) in [5, 5.41) is 6.93. The molecule has 0 aliphatic carbocycles. The second-order valence-corrected chi connectivity index (χ2v) is 6.47. The van der Waals surface area contributed by atoms with Gasteiger partial charge in [-0.3, -0.25) is 4.79 Å². The summed E-state index contributed by atoms with van der Waals surface area (Å²) in [6.07, 6.45) is 1.48. The zero-order valence-corrected chi connectivity index (χ0v) is 17.8. The SMILES string of the molecule is COc1cc2ncnc(Nc3ccc(C(=O)Nc4ccccc4)cc3)c2cc1OC.Cl. The molecule has 0 saturated carbocycles. The van der Waals surface area contributed by atoms with Crippen LogP contribution in [-0.4, -0.2) is 30.1 Å². The van der Waals surface area contributed by atoms with Crippen LogP contribution in [0.15, 0.2) is 73.1 Å². The van der Waals surface area contributed by atoms with E-state index in [4.69, 9.17) is 9.47 Å². The Bertz CT molecular complexity index is 1180. The number of para-hydroxylation sites is 1. The fourth-order valence-corrected chi connectivity index (χ4v) is 3.05. The van der Waals surface area contributed by atoms with Crippen LogP contribution in [0.5, 0.6) is 11.5 Å². The molecule has 1 amide bonds. The van der Waals surface area contributed by atoms with E-state index in [1.807, 2.05) is 48.5 Å². The summed E-state index contributed by atoms with van der Waals surface area (Å²) in [6, 6.07) is 20.1. The van der Waals surface area contributed by atoms with Gasteiger partial charge in [0.05, 0.1) is 19.7 Å². The molecule has 1 heterocycles. The van der Waals surface area contributed by atoms with Crippen LogP contribution in [0.2, 0.25) is 0 Å². The first kappa shape index (κ1) is 21.9. The molecule has 0 fully saturated rings. The van der Waals surface area contributed by atoms with Crippen molar-refractivity contribution >= 4 is 46.4 Å². The van der Waals surface area contributed by atoms with Gasteiger partial charge in [-0.1, -0.05) is 18.2 Å². The lowest BCUT2D eigenvalue weighted by molar-refractivity contribution is 0.102. The Hall–Kier alpha value is -3.84. The molecule has 31 heavy (non-hydrogen) atoms. The average Bonchev–Trinajstić information content (AvgIpc) is 2.79. The van der Waals surface area contributed by atoms with Gasteiger partial charge in [-0.15, -0.1) is 12.4 Å². The largest absolute Gasteiger partial charge is 0.493 e. The topological polar surface area (TPSA) is 85.4 Å². The van der Waals surface area contributed by atoms with E-state index in [9.17, 15) is 4.79 Å². The van der Waals surface area contributed by atoms with Crippen LogP contribution in [0.25, 0.3) is 10.9 Å². The van der Waals surface area contributed by atoms with Crippen molar-refractivity contribution in [3.63, 3.8) is 0 Å². The van der Waals surface area contributed by atoms with Gasteiger partial charge < -0.3 is 20.1 Å². The van der Waals surface area contributed by atoms with Crippen LogP contribution in [-0.2, 0) is 0 Å². The number of fused-ring (bicyclic) bond motifs is 1. The number of ether oxygens (including phenoxy) is 2. The minimum Gasteiger partial charge on any atom is -0.493 e. The van der Waals surface area contributed by atoms with Crippen LogP contribution in [0.4, 0.5) is 17.2 Å². The first-order valence-corrected chi connectivity index (χ1v) is 9.28. The second kappa shape index (κ2) is 9.77. The van der Waals surface area contributed by atoms with Crippen molar-refractivity contribution in [3.8, 4) is 11.5 Å². The van der Waals surface area contributed by atoms with Gasteiger partial charge in [0.25, 0.3) is 5.91 Å². The molecule has 0 saturated heterocycles. The van der Waals surface area contributed by atoms with Crippen LogP contribution < -0.4 is 20.1 Å². The van der Waals surface area contributed by atoms with Gasteiger partial charge in [0, 0.05) is 28.4 Å². The normalized spacial score (nSPS) is 10.1. The third-order valence-corrected chi connectivity index (χ3v) is 4.58. The van der Waals surface area contributed by atoms with Crippen molar-refractivity contribution in [1.29, 1.82) is 0 Å². The molecule has 7 nitrogen and oxygen atoms in total. The van der Waals surface area contributed by atoms with E-state index >= 15 is 0 Å². The number of anilines is 3. The van der Waals surface area contributed by atoms with Crippen molar-refractivity contribution in [1.82, 2.24) is 9.97 Å². The van der Waals surface area contributed by atoms with Gasteiger partial charge in [0.1, 0.15) is 12.1 Å². The molecule has 1 aromatic heterocycles. The Kier molecular flexibility index (Phi) is 6.89. The number of amides is 1. The number of aromatic nitrogens is 2. The molecule has 8 heteroatoms. The minimum atomic E-state index is -0.169. The van der Waals surface area contributed by atoms with Crippen molar-refractivity contribution in [2.75, 3.05) is 24.9 Å². The number of methoxy groups -OCH3 is 2. The van der Waals surface area contributed by atoms with Gasteiger partial charge >= 0.3 is 0 Å². The second-order valence-electron chi connectivity index (χ2n) is 6.47. The first-order valence-electron chi connectivity index (χ1n) is 9.28. The first-order chi connectivity index (χ1) is 14.7. The third-order valence-electron chi connectivity index (χ3n) is 4.58. The summed E-state index contributed by atoms with van der Waals surface area (Å²) in [4.78, 5) is 21.1. The van der Waals surface area contributed by atoms with E-state index in [0.29, 0.717) is 22.9 Å². The van der Waals surface area contributed by atoms with Gasteiger partial charge in [-0.2, -0.15) is 0 Å². The molecule has 3 aromatic carbocycles. The summed E-state index contributed by atoms with van der Waals surface area (Å²) in [5.74, 6) is 1.65. The highest BCUT2D eigenvalue weighted by Crippen LogP contribution is 2.34. The average molecular weight is 437 g/mol. The Morgan fingerprint density at radius 2 is 1.52 bits per heavy atom. The molecule has 0 aliphatic rings. The molecule has 0 aliphatic heterocycles. The molecule has 0 bridgehead atoms. The number of hydrogen-bond acceptors (Lipinski definition) is 6. The zero-order valence-electron chi connectivity index (χ0n) is 17.0. The monoisotopic (exact) mass is 436 g/mol. The van der Waals surface area contributed by atoms with Crippen LogP contribution in [0.3, 0.4) is 0 Å². The van der Waals surface area contributed by atoms with Crippen LogP contribution in [0.1, 0.15) is 10.4 Å². The fraction of sp³-hybridized carbons (Fsp3) is 0.0870. The summed E-state index contributed by atoms with van der Waals surface area (Å²) < 4.78 is 10.7. The predicted molar refractivity (Wildman–Crippen MR) is 124 cm³/mol. The van der Waals surface area contributed by atoms with Gasteiger partial charge in [-0.25, -0.2) is 9.97 Å². The predicted octanol–water partition coefficient (Wildman–Crippen LogP) is 5.06. The van der Waals surface area contributed by atoms with Gasteiger partial charge in [-0.05, 0) is 42.5 Å². The minimum absolute atomic E-state index is 0. The highest BCUT2D eigenvalue weighted by Gasteiger charge is 2.12. The lowest BCUT2D eigenvalue weighted by Crippen LogP contribution is -2.11. The zero-order chi connectivity index (χ0) is 20.9. The standard InChI is InChI=1S/C23H20N4O3.ClH/c1-29-20-12-18-19(13-21(20)30-2)24-14-25-22(18)26-17-10-8-15(9-11-17)23(28)27-16-6-4-3-5-7-16;/h3-14H,1-2H3,(H,27,28)(H,24,25,26);1H. The van der Waals surface area contributed by atoms with E-state index in [1.165, 1.54) is 6.33 Å². The Morgan fingerprint density at radius 1 is 0.839 bits per heavy atom. The summed E-state index contributed by atoms with van der Waals surface area (Å²) in [6.45, 7) is 0. The molecule has 0 unspecified atom stereocenters. The molecule has 4 rings (SSSR count). The number of rotatable bonds is 6. The van der Waals surface area contributed by atoms with Gasteiger partial charge in [0.2, 0.25) is 0 Å². The fourth-order valence-electron chi connectivity index (χ4n) is 3.05. The molecule has 0 radical (unpaired) electrons. The number of hydrogen-bond donors (Lipinski definition) is 2. The van der Waals surface area contributed by atoms with Crippen molar-refractivity contribution in [2.45, 2.75) is 0 Å². The van der Waals surface area contributed by atoms with Crippen LogP contribution >= 0.6 is 12.4 Å². The van der Waals surface area contributed by atoms with E-state index in [-0.39, 0.29) is 18.3 Å². The van der Waals surface area contributed by atoms with E-state index < -0.39 is 0 Å². The Labute approximate surface area is 185 Å². The molecule has 158 valence electrons. The van der Waals surface area contributed by atoms with Crippen molar-refractivity contribution in [3.05, 3.63) is 78.6 Å². The number of carbonyl (C=O) groups excluding carboxylic acids is 1. The highest BCUT2D eigenvalue weighted by molar-refractivity contribution is 6.04. The van der Waals surface area contributed by atoms with E-state index in [0.717, 1.165) is 22.3 Å².